The standard InChI is InChI=1S/C23H29N3O4/c1-16-7-9-17(10-8-16)23(28)25-19-14-20(29-2)18(13-21(19)30-3)24-22(27)15-26-11-5-4-6-12-26/h7-10,13-14H,4-6,11-12,15H2,1-3H3,(H,24,27)(H,25,28)/p+1. The zero-order valence-corrected chi connectivity index (χ0v) is 17.8. The Morgan fingerprint density at radius 3 is 2.03 bits per heavy atom. The third-order valence-corrected chi connectivity index (χ3v) is 5.33. The van der Waals surface area contributed by atoms with Crippen LogP contribution in [-0.4, -0.2) is 45.7 Å². The Kier molecular flexibility index (Phi) is 7.30. The Morgan fingerprint density at radius 2 is 1.47 bits per heavy atom. The van der Waals surface area contributed by atoms with Crippen molar-refractivity contribution in [2.24, 2.45) is 0 Å². The maximum atomic E-state index is 12.6. The van der Waals surface area contributed by atoms with E-state index in [1.54, 1.807) is 24.3 Å². The Bertz CT molecular complexity index is 890. The normalized spacial score (nSPS) is 14.1. The number of quaternary nitrogens is 1. The smallest absolute Gasteiger partial charge is 0.279 e. The summed E-state index contributed by atoms with van der Waals surface area (Å²) in [6.07, 6.45) is 3.57. The van der Waals surface area contributed by atoms with E-state index >= 15 is 0 Å². The molecule has 0 aromatic heterocycles. The first-order valence-electron chi connectivity index (χ1n) is 10.3. The number of likely N-dealkylation sites (tertiary alicyclic amines) is 1. The minimum absolute atomic E-state index is 0.0660. The van der Waals surface area contributed by atoms with Crippen molar-refractivity contribution in [2.45, 2.75) is 26.2 Å². The first-order valence-corrected chi connectivity index (χ1v) is 10.3. The summed E-state index contributed by atoms with van der Waals surface area (Å²) < 4.78 is 10.9. The van der Waals surface area contributed by atoms with Crippen molar-refractivity contribution in [3.63, 3.8) is 0 Å². The molecule has 0 radical (unpaired) electrons. The number of piperidine rings is 1. The lowest BCUT2D eigenvalue weighted by molar-refractivity contribution is -0.896. The fourth-order valence-electron chi connectivity index (χ4n) is 3.64. The van der Waals surface area contributed by atoms with E-state index < -0.39 is 0 Å². The largest absolute Gasteiger partial charge is 0.494 e. The molecular weight excluding hydrogens is 382 g/mol. The zero-order chi connectivity index (χ0) is 21.5. The molecule has 30 heavy (non-hydrogen) atoms. The molecule has 160 valence electrons. The summed E-state index contributed by atoms with van der Waals surface area (Å²) >= 11 is 0. The van der Waals surface area contributed by atoms with Crippen molar-refractivity contribution >= 4 is 23.2 Å². The summed E-state index contributed by atoms with van der Waals surface area (Å²) in [7, 11) is 3.05. The van der Waals surface area contributed by atoms with Gasteiger partial charge in [0.05, 0.1) is 38.7 Å². The highest BCUT2D eigenvalue weighted by Gasteiger charge is 2.20. The van der Waals surface area contributed by atoms with Crippen molar-refractivity contribution in [3.8, 4) is 11.5 Å². The van der Waals surface area contributed by atoms with Crippen LogP contribution in [0.3, 0.4) is 0 Å². The molecule has 3 rings (SSSR count). The first-order chi connectivity index (χ1) is 14.5. The predicted molar refractivity (Wildman–Crippen MR) is 117 cm³/mol. The molecule has 2 amide bonds. The molecular formula is C23H30N3O4+. The Balaban J connectivity index is 1.75. The third-order valence-electron chi connectivity index (χ3n) is 5.33. The fourth-order valence-corrected chi connectivity index (χ4v) is 3.64. The zero-order valence-electron chi connectivity index (χ0n) is 17.8. The Hall–Kier alpha value is -3.06. The summed E-state index contributed by atoms with van der Waals surface area (Å²) in [6.45, 7) is 4.45. The molecule has 1 heterocycles. The minimum atomic E-state index is -0.249. The summed E-state index contributed by atoms with van der Waals surface area (Å²) in [5.41, 5.74) is 2.62. The van der Waals surface area contributed by atoms with E-state index in [4.69, 9.17) is 9.47 Å². The average Bonchev–Trinajstić information content (AvgIpc) is 2.75. The fraction of sp³-hybridized carbons (Fsp3) is 0.391. The Labute approximate surface area is 177 Å². The van der Waals surface area contributed by atoms with E-state index in [-0.39, 0.29) is 11.8 Å². The van der Waals surface area contributed by atoms with E-state index in [2.05, 4.69) is 10.6 Å². The van der Waals surface area contributed by atoms with Crippen molar-refractivity contribution in [2.75, 3.05) is 44.5 Å². The second-order valence-electron chi connectivity index (χ2n) is 7.61. The molecule has 1 aliphatic rings. The molecule has 0 atom stereocenters. The summed E-state index contributed by atoms with van der Waals surface area (Å²) in [4.78, 5) is 26.4. The number of aryl methyl sites for hydroxylation is 1. The van der Waals surface area contributed by atoms with Crippen molar-refractivity contribution in [1.29, 1.82) is 0 Å². The van der Waals surface area contributed by atoms with Crippen molar-refractivity contribution in [1.82, 2.24) is 0 Å². The van der Waals surface area contributed by atoms with Gasteiger partial charge < -0.3 is 25.0 Å². The third kappa shape index (κ3) is 5.51. The van der Waals surface area contributed by atoms with Crippen molar-refractivity contribution < 1.29 is 24.0 Å². The van der Waals surface area contributed by atoms with Gasteiger partial charge in [0.2, 0.25) is 0 Å². The summed E-state index contributed by atoms with van der Waals surface area (Å²) in [6, 6.07) is 10.6. The molecule has 7 nitrogen and oxygen atoms in total. The van der Waals surface area contributed by atoms with E-state index in [9.17, 15) is 9.59 Å². The lowest BCUT2D eigenvalue weighted by Gasteiger charge is -2.23. The molecule has 0 saturated carbocycles. The molecule has 2 aromatic carbocycles. The van der Waals surface area contributed by atoms with Crippen LogP contribution in [0.2, 0.25) is 0 Å². The molecule has 0 aliphatic carbocycles. The number of hydrogen-bond donors (Lipinski definition) is 3. The van der Waals surface area contributed by atoms with Gasteiger partial charge in [-0.25, -0.2) is 0 Å². The number of methoxy groups -OCH3 is 2. The lowest BCUT2D eigenvalue weighted by Crippen LogP contribution is -3.13. The van der Waals surface area contributed by atoms with Gasteiger partial charge in [-0.3, -0.25) is 9.59 Å². The van der Waals surface area contributed by atoms with Gasteiger partial charge in [-0.15, -0.1) is 0 Å². The van der Waals surface area contributed by atoms with E-state index in [1.165, 1.54) is 25.5 Å². The SMILES string of the molecule is COc1cc(NC(=O)c2ccc(C)cc2)c(OC)cc1NC(=O)C[NH+]1CCCCC1. The number of carbonyl (C=O) groups is 2. The Morgan fingerprint density at radius 1 is 0.900 bits per heavy atom. The molecule has 3 N–H and O–H groups in total. The van der Waals surface area contributed by atoms with Crippen LogP contribution in [0, 0.1) is 6.92 Å². The molecule has 1 saturated heterocycles. The van der Waals surface area contributed by atoms with Gasteiger partial charge in [0, 0.05) is 17.7 Å². The van der Waals surface area contributed by atoms with E-state index in [0.717, 1.165) is 31.5 Å². The van der Waals surface area contributed by atoms with Gasteiger partial charge in [-0.1, -0.05) is 17.7 Å². The summed E-state index contributed by atoms with van der Waals surface area (Å²) in [5, 5.41) is 5.78. The van der Waals surface area contributed by atoms with Crippen LogP contribution < -0.4 is 25.0 Å². The highest BCUT2D eigenvalue weighted by Crippen LogP contribution is 2.36. The van der Waals surface area contributed by atoms with Crippen LogP contribution in [-0.2, 0) is 4.79 Å². The molecule has 7 heteroatoms. The monoisotopic (exact) mass is 412 g/mol. The second kappa shape index (κ2) is 10.1. The quantitative estimate of drug-likeness (QED) is 0.652. The van der Waals surface area contributed by atoms with Crippen LogP contribution >= 0.6 is 0 Å². The van der Waals surface area contributed by atoms with Gasteiger partial charge in [-0.2, -0.15) is 0 Å². The number of rotatable bonds is 7. The minimum Gasteiger partial charge on any atom is -0.494 e. The molecule has 1 fully saturated rings. The lowest BCUT2D eigenvalue weighted by atomic mass is 10.1. The number of nitrogens with one attached hydrogen (secondary N) is 3. The number of anilines is 2. The molecule has 0 unspecified atom stereocenters. The van der Waals surface area contributed by atoms with Crippen LogP contribution in [0.5, 0.6) is 11.5 Å². The number of ether oxygens (including phenoxy) is 2. The predicted octanol–water partition coefficient (Wildman–Crippen LogP) is 2.27. The van der Waals surface area contributed by atoms with Gasteiger partial charge in [0.1, 0.15) is 11.5 Å². The highest BCUT2D eigenvalue weighted by atomic mass is 16.5. The van der Waals surface area contributed by atoms with Crippen LogP contribution in [0.25, 0.3) is 0 Å². The molecule has 2 aromatic rings. The maximum absolute atomic E-state index is 12.6. The first kappa shape index (κ1) is 21.6. The number of carbonyl (C=O) groups excluding carboxylic acids is 2. The molecule has 0 spiro atoms. The topological polar surface area (TPSA) is 81.1 Å². The van der Waals surface area contributed by atoms with E-state index in [0.29, 0.717) is 35.0 Å². The van der Waals surface area contributed by atoms with Gasteiger partial charge in [0.25, 0.3) is 11.8 Å². The van der Waals surface area contributed by atoms with Crippen molar-refractivity contribution in [3.05, 3.63) is 47.5 Å². The van der Waals surface area contributed by atoms with Crippen LogP contribution in [0.15, 0.2) is 36.4 Å². The highest BCUT2D eigenvalue weighted by molar-refractivity contribution is 6.05. The average molecular weight is 413 g/mol. The second-order valence-corrected chi connectivity index (χ2v) is 7.61. The van der Waals surface area contributed by atoms with Gasteiger partial charge in [0.15, 0.2) is 6.54 Å². The number of hydrogen-bond acceptors (Lipinski definition) is 4. The molecule has 0 bridgehead atoms. The van der Waals surface area contributed by atoms with Gasteiger partial charge >= 0.3 is 0 Å². The van der Waals surface area contributed by atoms with Crippen LogP contribution in [0.4, 0.5) is 11.4 Å². The molecule has 1 aliphatic heterocycles. The van der Waals surface area contributed by atoms with Gasteiger partial charge in [-0.05, 0) is 38.3 Å². The number of benzene rings is 2. The number of amides is 2. The summed E-state index contributed by atoms with van der Waals surface area (Å²) in [5.74, 6) is 0.582. The maximum Gasteiger partial charge on any atom is 0.279 e. The van der Waals surface area contributed by atoms with E-state index in [1.807, 2.05) is 19.1 Å². The van der Waals surface area contributed by atoms with Crippen LogP contribution in [0.1, 0.15) is 35.2 Å².